The van der Waals surface area contributed by atoms with Crippen molar-refractivity contribution in [1.29, 1.82) is 0 Å². The third kappa shape index (κ3) is 3.66. The fraction of sp³-hybridized carbons (Fsp3) is 0.217. The smallest absolute Gasteiger partial charge is 0.253 e. The number of fused-ring (bicyclic) bond motifs is 1. The summed E-state index contributed by atoms with van der Waals surface area (Å²) in [6.07, 6.45) is 3.32. The van der Waals surface area contributed by atoms with Crippen molar-refractivity contribution in [3.8, 4) is 22.3 Å². The van der Waals surface area contributed by atoms with Crippen molar-refractivity contribution in [2.24, 2.45) is 0 Å². The summed E-state index contributed by atoms with van der Waals surface area (Å²) in [4.78, 5) is 18.2. The van der Waals surface area contributed by atoms with Crippen LogP contribution in [0.2, 0.25) is 0 Å². The van der Waals surface area contributed by atoms with E-state index in [1.54, 1.807) is 57.0 Å². The van der Waals surface area contributed by atoms with E-state index in [4.69, 9.17) is 0 Å². The zero-order chi connectivity index (χ0) is 22.1. The molecule has 0 atom stereocenters. The maximum atomic E-state index is 14.8. The monoisotopic (exact) mass is 419 g/mol. The minimum atomic E-state index is -0.428. The highest BCUT2D eigenvalue weighted by molar-refractivity contribution is 5.95. The number of amides is 1. The van der Waals surface area contributed by atoms with Crippen LogP contribution in [-0.2, 0) is 13.2 Å². The molecule has 2 aromatic carbocycles. The second-order valence-electron chi connectivity index (χ2n) is 7.39. The summed E-state index contributed by atoms with van der Waals surface area (Å²) in [5.74, 6) is -0.616. The Balaban J connectivity index is 1.85. The zero-order valence-corrected chi connectivity index (χ0v) is 17.5. The third-order valence-electron chi connectivity index (χ3n) is 5.24. The van der Waals surface area contributed by atoms with Crippen molar-refractivity contribution in [1.82, 2.24) is 24.6 Å². The lowest BCUT2D eigenvalue weighted by molar-refractivity contribution is 0.0827. The van der Waals surface area contributed by atoms with Gasteiger partial charge in [0.2, 0.25) is 0 Å². The molecule has 4 rings (SSSR count). The van der Waals surface area contributed by atoms with Crippen LogP contribution in [0.25, 0.3) is 33.4 Å². The average molecular weight is 419 g/mol. The Kier molecular flexibility index (Phi) is 5.48. The Labute approximate surface area is 178 Å². The average Bonchev–Trinajstić information content (AvgIpc) is 3.22. The minimum absolute atomic E-state index is 0.188. The number of carbonyl (C=O) groups excluding carboxylic acids is 1. The first kappa shape index (κ1) is 20.6. The van der Waals surface area contributed by atoms with Crippen LogP contribution in [0.3, 0.4) is 0 Å². The predicted molar refractivity (Wildman–Crippen MR) is 116 cm³/mol. The highest BCUT2D eigenvalue weighted by atomic mass is 19.1. The Morgan fingerprint density at radius 3 is 2.65 bits per heavy atom. The lowest BCUT2D eigenvalue weighted by Crippen LogP contribution is -2.21. The van der Waals surface area contributed by atoms with Crippen LogP contribution < -0.4 is 0 Å². The molecule has 1 N–H and O–H groups in total. The molecular weight excluding hydrogens is 397 g/mol. The summed E-state index contributed by atoms with van der Waals surface area (Å²) < 4.78 is 16.7. The van der Waals surface area contributed by atoms with E-state index in [9.17, 15) is 14.3 Å². The summed E-state index contributed by atoms with van der Waals surface area (Å²) in [5.41, 5.74) is 4.56. The van der Waals surface area contributed by atoms with Gasteiger partial charge in [-0.15, -0.1) is 5.10 Å². The van der Waals surface area contributed by atoms with Crippen LogP contribution in [0.15, 0.2) is 48.9 Å². The summed E-state index contributed by atoms with van der Waals surface area (Å²) >= 11 is 0. The minimum Gasteiger partial charge on any atom is -0.392 e. The number of hydrogen-bond donors (Lipinski definition) is 1. The third-order valence-corrected chi connectivity index (χ3v) is 5.24. The lowest BCUT2D eigenvalue weighted by atomic mass is 9.94. The molecule has 4 aromatic rings. The number of rotatable bonds is 5. The summed E-state index contributed by atoms with van der Waals surface area (Å²) in [5, 5.41) is 18.2. The van der Waals surface area contributed by atoms with Gasteiger partial charge in [-0.2, -0.15) is 5.10 Å². The molecule has 0 fully saturated rings. The lowest BCUT2D eigenvalue weighted by Gasteiger charge is -2.15. The highest BCUT2D eigenvalue weighted by Crippen LogP contribution is 2.33. The first-order chi connectivity index (χ1) is 14.9. The summed E-state index contributed by atoms with van der Waals surface area (Å²) in [7, 11) is 3.31. The SMILES string of the molecule is CCn1cnc2c(-c3ccc(F)c(-c4ccc(C(=O)N(C)C)cc4CO)c3)cnnc21. The van der Waals surface area contributed by atoms with Crippen molar-refractivity contribution in [2.45, 2.75) is 20.1 Å². The molecule has 0 aliphatic rings. The predicted octanol–water partition coefficient (Wildman–Crippen LogP) is 3.51. The van der Waals surface area contributed by atoms with Crippen LogP contribution >= 0.6 is 0 Å². The summed E-state index contributed by atoms with van der Waals surface area (Å²) in [6, 6.07) is 9.66. The van der Waals surface area contributed by atoms with E-state index in [0.717, 1.165) is 11.1 Å². The summed E-state index contributed by atoms with van der Waals surface area (Å²) in [6.45, 7) is 2.38. The van der Waals surface area contributed by atoms with E-state index >= 15 is 0 Å². The van der Waals surface area contributed by atoms with Gasteiger partial charge in [-0.05, 0) is 47.9 Å². The maximum Gasteiger partial charge on any atom is 0.253 e. The molecule has 0 saturated heterocycles. The molecule has 2 heterocycles. The molecule has 0 unspecified atom stereocenters. The maximum absolute atomic E-state index is 14.8. The van der Waals surface area contributed by atoms with Gasteiger partial charge in [0, 0.05) is 37.3 Å². The van der Waals surface area contributed by atoms with Gasteiger partial charge in [-0.3, -0.25) is 4.79 Å². The van der Waals surface area contributed by atoms with Crippen LogP contribution in [-0.4, -0.2) is 49.8 Å². The number of halogens is 1. The van der Waals surface area contributed by atoms with Crippen molar-refractivity contribution in [2.75, 3.05) is 14.1 Å². The van der Waals surface area contributed by atoms with E-state index < -0.39 is 5.82 Å². The molecule has 0 saturated carbocycles. The van der Waals surface area contributed by atoms with Crippen molar-refractivity contribution >= 4 is 17.1 Å². The molecule has 31 heavy (non-hydrogen) atoms. The number of aliphatic hydroxyl groups is 1. The van der Waals surface area contributed by atoms with Crippen molar-refractivity contribution < 1.29 is 14.3 Å². The number of aromatic nitrogens is 4. The van der Waals surface area contributed by atoms with Crippen LogP contribution in [0, 0.1) is 5.82 Å². The standard InChI is InChI=1S/C23H22FN5O2/c1-4-29-13-25-21-19(11-26-27-22(21)29)14-6-8-20(24)18(10-14)17-7-5-15(9-16(17)12-30)23(31)28(2)3/h5-11,13,30H,4,12H2,1-3H3. The van der Waals surface area contributed by atoms with E-state index in [2.05, 4.69) is 15.2 Å². The van der Waals surface area contributed by atoms with Gasteiger partial charge in [-0.25, -0.2) is 9.37 Å². The molecular formula is C23H22FN5O2. The van der Waals surface area contributed by atoms with Gasteiger partial charge in [0.25, 0.3) is 5.91 Å². The normalized spacial score (nSPS) is 11.1. The van der Waals surface area contributed by atoms with Gasteiger partial charge in [0.15, 0.2) is 5.65 Å². The quantitative estimate of drug-likeness (QED) is 0.535. The fourth-order valence-electron chi connectivity index (χ4n) is 3.59. The van der Waals surface area contributed by atoms with E-state index in [1.807, 2.05) is 11.5 Å². The van der Waals surface area contributed by atoms with Gasteiger partial charge >= 0.3 is 0 Å². The molecule has 8 heteroatoms. The highest BCUT2D eigenvalue weighted by Gasteiger charge is 2.17. The first-order valence-corrected chi connectivity index (χ1v) is 9.86. The first-order valence-electron chi connectivity index (χ1n) is 9.86. The van der Waals surface area contributed by atoms with Gasteiger partial charge < -0.3 is 14.6 Å². The van der Waals surface area contributed by atoms with Crippen LogP contribution in [0.5, 0.6) is 0 Å². The molecule has 2 aromatic heterocycles. The molecule has 0 radical (unpaired) electrons. The zero-order valence-electron chi connectivity index (χ0n) is 17.5. The number of carbonyl (C=O) groups is 1. The molecule has 0 aliphatic heterocycles. The van der Waals surface area contributed by atoms with Crippen LogP contribution in [0.1, 0.15) is 22.8 Å². The molecule has 158 valence electrons. The molecule has 0 bridgehead atoms. The second kappa shape index (κ2) is 8.23. The van der Waals surface area contributed by atoms with Gasteiger partial charge in [0.1, 0.15) is 11.3 Å². The fourth-order valence-corrected chi connectivity index (χ4v) is 3.59. The molecule has 7 nitrogen and oxygen atoms in total. The van der Waals surface area contributed by atoms with E-state index in [1.165, 1.54) is 11.0 Å². The van der Waals surface area contributed by atoms with Crippen LogP contribution in [0.4, 0.5) is 4.39 Å². The van der Waals surface area contributed by atoms with E-state index in [0.29, 0.717) is 40.0 Å². The Hall–Kier alpha value is -3.65. The number of imidazole rings is 1. The van der Waals surface area contributed by atoms with Gasteiger partial charge in [-0.1, -0.05) is 12.1 Å². The largest absolute Gasteiger partial charge is 0.392 e. The Morgan fingerprint density at radius 2 is 1.94 bits per heavy atom. The number of aliphatic hydroxyl groups excluding tert-OH is 1. The van der Waals surface area contributed by atoms with Crippen molar-refractivity contribution in [3.05, 3.63) is 65.9 Å². The van der Waals surface area contributed by atoms with Crippen molar-refractivity contribution in [3.63, 3.8) is 0 Å². The molecule has 1 amide bonds. The van der Waals surface area contributed by atoms with E-state index in [-0.39, 0.29) is 12.5 Å². The number of hydrogen-bond acceptors (Lipinski definition) is 5. The Morgan fingerprint density at radius 1 is 1.13 bits per heavy atom. The molecule has 0 spiro atoms. The molecule has 0 aliphatic carbocycles. The van der Waals surface area contributed by atoms with Gasteiger partial charge in [0.05, 0.1) is 19.1 Å². The Bertz CT molecular complexity index is 1280. The number of benzene rings is 2. The number of aryl methyl sites for hydroxylation is 1. The number of nitrogens with zero attached hydrogens (tertiary/aromatic N) is 5. The topological polar surface area (TPSA) is 84.1 Å². The second-order valence-corrected chi connectivity index (χ2v) is 7.39.